The van der Waals surface area contributed by atoms with Crippen LogP contribution in [-0.4, -0.2) is 11.5 Å². The number of benzene rings is 1. The van der Waals surface area contributed by atoms with E-state index in [1.54, 1.807) is 0 Å². The van der Waals surface area contributed by atoms with Crippen LogP contribution in [0.25, 0.3) is 10.9 Å². The van der Waals surface area contributed by atoms with E-state index >= 15 is 0 Å². The summed E-state index contributed by atoms with van der Waals surface area (Å²) < 4.78 is 0. The molecule has 0 saturated carbocycles. The first kappa shape index (κ1) is 13.0. The van der Waals surface area contributed by atoms with E-state index in [4.69, 9.17) is 0 Å². The van der Waals surface area contributed by atoms with E-state index in [-0.39, 0.29) is 0 Å². The van der Waals surface area contributed by atoms with Gasteiger partial charge in [-0.2, -0.15) is 0 Å². The van der Waals surface area contributed by atoms with E-state index in [2.05, 4.69) is 55.3 Å². The van der Waals surface area contributed by atoms with E-state index in [0.29, 0.717) is 5.41 Å². The van der Waals surface area contributed by atoms with Crippen LogP contribution in [0.4, 0.5) is 0 Å². The molecule has 2 heteroatoms. The lowest BCUT2D eigenvalue weighted by molar-refractivity contribution is 0.328. The molecule has 2 nitrogen and oxygen atoms in total. The van der Waals surface area contributed by atoms with Crippen molar-refractivity contribution in [2.24, 2.45) is 5.41 Å². The van der Waals surface area contributed by atoms with Crippen LogP contribution in [-0.2, 0) is 6.54 Å². The van der Waals surface area contributed by atoms with Gasteiger partial charge in [0.2, 0.25) is 0 Å². The highest BCUT2D eigenvalue weighted by atomic mass is 14.9. The lowest BCUT2D eigenvalue weighted by Gasteiger charge is -2.23. The minimum Gasteiger partial charge on any atom is -0.312 e. The minimum absolute atomic E-state index is 0.373. The van der Waals surface area contributed by atoms with Crippen LogP contribution in [0, 0.1) is 5.41 Å². The Hall–Kier alpha value is -1.41. The Morgan fingerprint density at radius 1 is 1.22 bits per heavy atom. The zero-order valence-corrected chi connectivity index (χ0v) is 11.5. The molecule has 0 fully saturated rings. The summed E-state index contributed by atoms with van der Waals surface area (Å²) in [5, 5.41) is 4.75. The Labute approximate surface area is 109 Å². The first-order chi connectivity index (χ1) is 8.61. The summed E-state index contributed by atoms with van der Waals surface area (Å²) in [6.45, 7) is 8.81. The number of aromatic nitrogens is 1. The molecule has 18 heavy (non-hydrogen) atoms. The highest BCUT2D eigenvalue weighted by molar-refractivity contribution is 5.78. The molecule has 0 atom stereocenters. The van der Waals surface area contributed by atoms with Crippen molar-refractivity contribution in [3.8, 4) is 0 Å². The summed E-state index contributed by atoms with van der Waals surface area (Å²) >= 11 is 0. The van der Waals surface area contributed by atoms with Gasteiger partial charge in [-0.25, -0.2) is 0 Å². The first-order valence-corrected chi connectivity index (χ1v) is 6.65. The maximum absolute atomic E-state index is 4.33. The van der Waals surface area contributed by atoms with Crippen molar-refractivity contribution < 1.29 is 0 Å². The van der Waals surface area contributed by atoms with Gasteiger partial charge in [-0.05, 0) is 35.6 Å². The molecule has 1 aromatic heterocycles. The lowest BCUT2D eigenvalue weighted by Crippen LogP contribution is -2.28. The lowest BCUT2D eigenvalue weighted by atomic mass is 9.90. The fourth-order valence-corrected chi connectivity index (χ4v) is 1.91. The predicted octanol–water partition coefficient (Wildman–Crippen LogP) is 3.76. The van der Waals surface area contributed by atoms with Gasteiger partial charge < -0.3 is 5.32 Å². The highest BCUT2D eigenvalue weighted by Gasteiger charge is 2.13. The zero-order valence-electron chi connectivity index (χ0n) is 11.5. The maximum atomic E-state index is 4.33. The molecule has 0 radical (unpaired) electrons. The largest absolute Gasteiger partial charge is 0.312 e. The molecule has 0 spiro atoms. The fraction of sp³-hybridized carbons (Fsp3) is 0.438. The summed E-state index contributed by atoms with van der Waals surface area (Å²) in [4.78, 5) is 4.33. The molecule has 1 heterocycles. The third-order valence-corrected chi connectivity index (χ3v) is 3.56. The standard InChI is InChI=1S/C16H22N2/c1-4-16(2,3)12-17-11-13-7-8-15-14(10-13)6-5-9-18-15/h5-10,17H,4,11-12H2,1-3H3. The zero-order chi connectivity index (χ0) is 13.0. The first-order valence-electron chi connectivity index (χ1n) is 6.65. The molecule has 2 aromatic rings. The Balaban J connectivity index is 2.00. The van der Waals surface area contributed by atoms with Gasteiger partial charge in [0, 0.05) is 24.7 Å². The molecule has 0 unspecified atom stereocenters. The Morgan fingerprint density at radius 3 is 2.83 bits per heavy atom. The minimum atomic E-state index is 0.373. The van der Waals surface area contributed by atoms with Crippen LogP contribution < -0.4 is 5.32 Å². The number of fused-ring (bicyclic) bond motifs is 1. The van der Waals surface area contributed by atoms with Crippen LogP contribution in [0.5, 0.6) is 0 Å². The van der Waals surface area contributed by atoms with Crippen molar-refractivity contribution in [3.05, 3.63) is 42.1 Å². The summed E-state index contributed by atoms with van der Waals surface area (Å²) in [5.74, 6) is 0. The molecule has 96 valence electrons. The summed E-state index contributed by atoms with van der Waals surface area (Å²) in [7, 11) is 0. The van der Waals surface area contributed by atoms with Crippen molar-refractivity contribution in [2.75, 3.05) is 6.54 Å². The summed E-state index contributed by atoms with van der Waals surface area (Å²) in [6, 6.07) is 10.6. The van der Waals surface area contributed by atoms with Crippen LogP contribution in [0.2, 0.25) is 0 Å². The molecule has 0 aliphatic rings. The number of hydrogen-bond donors (Lipinski definition) is 1. The molecule has 0 aliphatic heterocycles. The molecule has 1 N–H and O–H groups in total. The Morgan fingerprint density at radius 2 is 2.06 bits per heavy atom. The van der Waals surface area contributed by atoms with E-state index in [0.717, 1.165) is 18.6 Å². The molecule has 0 amide bonds. The normalized spacial score (nSPS) is 11.9. The van der Waals surface area contributed by atoms with Gasteiger partial charge in [-0.15, -0.1) is 0 Å². The fourth-order valence-electron chi connectivity index (χ4n) is 1.91. The maximum Gasteiger partial charge on any atom is 0.0702 e. The average Bonchev–Trinajstić information content (AvgIpc) is 2.38. The quantitative estimate of drug-likeness (QED) is 0.863. The average molecular weight is 242 g/mol. The van der Waals surface area contributed by atoms with Crippen molar-refractivity contribution in [1.29, 1.82) is 0 Å². The van der Waals surface area contributed by atoms with E-state index in [9.17, 15) is 0 Å². The number of nitrogens with zero attached hydrogens (tertiary/aromatic N) is 1. The second-order valence-electron chi connectivity index (χ2n) is 5.65. The van der Waals surface area contributed by atoms with Gasteiger partial charge in [-0.3, -0.25) is 4.98 Å². The number of nitrogens with one attached hydrogen (secondary N) is 1. The smallest absolute Gasteiger partial charge is 0.0702 e. The third kappa shape index (κ3) is 3.30. The van der Waals surface area contributed by atoms with Gasteiger partial charge in [0.15, 0.2) is 0 Å². The molecule has 1 aromatic carbocycles. The van der Waals surface area contributed by atoms with E-state index < -0.39 is 0 Å². The Bertz CT molecular complexity index is 517. The number of hydrogen-bond acceptors (Lipinski definition) is 2. The van der Waals surface area contributed by atoms with Crippen LogP contribution >= 0.6 is 0 Å². The monoisotopic (exact) mass is 242 g/mol. The third-order valence-electron chi connectivity index (χ3n) is 3.56. The Kier molecular flexibility index (Phi) is 3.97. The molecular formula is C16H22N2. The van der Waals surface area contributed by atoms with E-state index in [1.807, 2.05) is 12.3 Å². The molecule has 0 aliphatic carbocycles. The number of pyridine rings is 1. The molecule has 2 rings (SSSR count). The SMILES string of the molecule is CCC(C)(C)CNCc1ccc2ncccc2c1. The van der Waals surface area contributed by atoms with Gasteiger partial charge >= 0.3 is 0 Å². The predicted molar refractivity (Wildman–Crippen MR) is 77.5 cm³/mol. The van der Waals surface area contributed by atoms with Gasteiger partial charge in [0.25, 0.3) is 0 Å². The van der Waals surface area contributed by atoms with Crippen LogP contribution in [0.3, 0.4) is 0 Å². The van der Waals surface area contributed by atoms with Crippen molar-refractivity contribution in [1.82, 2.24) is 10.3 Å². The molecule has 0 bridgehead atoms. The van der Waals surface area contributed by atoms with Crippen molar-refractivity contribution >= 4 is 10.9 Å². The summed E-state index contributed by atoms with van der Waals surface area (Å²) in [5.41, 5.74) is 2.76. The second kappa shape index (κ2) is 5.49. The van der Waals surface area contributed by atoms with Gasteiger partial charge in [0.05, 0.1) is 5.52 Å². The molecule has 0 saturated heterocycles. The summed E-state index contributed by atoms with van der Waals surface area (Å²) in [6.07, 6.45) is 3.03. The second-order valence-corrected chi connectivity index (χ2v) is 5.65. The van der Waals surface area contributed by atoms with Crippen LogP contribution in [0.15, 0.2) is 36.5 Å². The topological polar surface area (TPSA) is 24.9 Å². The highest BCUT2D eigenvalue weighted by Crippen LogP contribution is 2.18. The van der Waals surface area contributed by atoms with Crippen LogP contribution in [0.1, 0.15) is 32.8 Å². The van der Waals surface area contributed by atoms with Crippen molar-refractivity contribution in [3.63, 3.8) is 0 Å². The van der Waals surface area contributed by atoms with Crippen molar-refractivity contribution in [2.45, 2.75) is 33.7 Å². The number of rotatable bonds is 5. The van der Waals surface area contributed by atoms with Gasteiger partial charge in [-0.1, -0.05) is 32.9 Å². The molecular weight excluding hydrogens is 220 g/mol. The van der Waals surface area contributed by atoms with E-state index in [1.165, 1.54) is 17.4 Å². The van der Waals surface area contributed by atoms with Gasteiger partial charge in [0.1, 0.15) is 0 Å².